The number of hydrogen-bond donors (Lipinski definition) is 0. The molecule has 7 heteroatoms. The van der Waals surface area contributed by atoms with Crippen LogP contribution in [0.4, 0.5) is 0 Å². The zero-order valence-corrected chi connectivity index (χ0v) is 16.8. The van der Waals surface area contributed by atoms with Crippen LogP contribution in [0, 0.1) is 5.92 Å². The van der Waals surface area contributed by atoms with E-state index in [1.807, 2.05) is 19.1 Å². The molecule has 0 N–H and O–H groups in total. The fourth-order valence-corrected chi connectivity index (χ4v) is 3.61. The molecule has 0 aliphatic carbocycles. The number of nitrogens with zero attached hydrogens (tertiary/aromatic N) is 1. The van der Waals surface area contributed by atoms with Crippen molar-refractivity contribution in [3.8, 4) is 0 Å². The molecular formula is C22H27NO6. The monoisotopic (exact) mass is 401 g/mol. The first kappa shape index (κ1) is 21.2. The van der Waals surface area contributed by atoms with Crippen molar-refractivity contribution in [1.82, 2.24) is 4.90 Å². The second-order valence-electron chi connectivity index (χ2n) is 7.28. The normalized spacial score (nSPS) is 24.2. The minimum atomic E-state index is -0.379. The summed E-state index contributed by atoms with van der Waals surface area (Å²) in [6.07, 6.45) is 6.02. The molecule has 0 unspecified atom stereocenters. The van der Waals surface area contributed by atoms with Gasteiger partial charge in [-0.1, -0.05) is 24.3 Å². The molecule has 7 nitrogen and oxygen atoms in total. The Morgan fingerprint density at radius 2 is 1.90 bits per heavy atom. The number of methoxy groups -OCH3 is 1. The number of amides is 2. The van der Waals surface area contributed by atoms with Crippen LogP contribution in [-0.4, -0.2) is 55.3 Å². The number of rotatable bonds is 8. The van der Waals surface area contributed by atoms with Crippen LogP contribution in [0.25, 0.3) is 0 Å². The first-order chi connectivity index (χ1) is 14.0. The molecule has 1 saturated heterocycles. The van der Waals surface area contributed by atoms with Crippen molar-refractivity contribution in [3.05, 3.63) is 47.5 Å². The summed E-state index contributed by atoms with van der Waals surface area (Å²) in [6, 6.07) is 6.87. The van der Waals surface area contributed by atoms with Crippen LogP contribution in [0.1, 0.15) is 53.3 Å². The fraction of sp³-hybridized carbons (Fsp3) is 0.500. The Balaban J connectivity index is 1.57. The predicted molar refractivity (Wildman–Crippen MR) is 105 cm³/mol. The Hall–Kier alpha value is -2.51. The molecule has 0 radical (unpaired) electrons. The Morgan fingerprint density at radius 1 is 1.21 bits per heavy atom. The van der Waals surface area contributed by atoms with Gasteiger partial charge in [-0.2, -0.15) is 0 Å². The number of fused-ring (bicyclic) bond motifs is 1. The molecule has 0 saturated carbocycles. The van der Waals surface area contributed by atoms with Crippen molar-refractivity contribution in [2.75, 3.05) is 20.3 Å². The highest BCUT2D eigenvalue weighted by Crippen LogP contribution is 2.28. The van der Waals surface area contributed by atoms with Gasteiger partial charge in [0.1, 0.15) is 0 Å². The molecule has 0 spiro atoms. The SMILES string of the molecule is COC(=O)CCC/C=C\C[C@H]1CO[C@@H](C)O[C@H]1CN1C(=O)c2ccccc2C1=O. The third kappa shape index (κ3) is 5.10. The van der Waals surface area contributed by atoms with Gasteiger partial charge in [-0.05, 0) is 38.3 Å². The van der Waals surface area contributed by atoms with Crippen molar-refractivity contribution in [3.63, 3.8) is 0 Å². The van der Waals surface area contributed by atoms with Gasteiger partial charge >= 0.3 is 5.97 Å². The summed E-state index contributed by atoms with van der Waals surface area (Å²) in [6.45, 7) is 2.52. The molecule has 1 aromatic rings. The summed E-state index contributed by atoms with van der Waals surface area (Å²) in [7, 11) is 1.39. The molecule has 1 fully saturated rings. The van der Waals surface area contributed by atoms with Crippen molar-refractivity contribution >= 4 is 17.8 Å². The molecule has 156 valence electrons. The van der Waals surface area contributed by atoms with Gasteiger partial charge in [0.25, 0.3) is 11.8 Å². The number of benzene rings is 1. The van der Waals surface area contributed by atoms with E-state index >= 15 is 0 Å². The number of carbonyl (C=O) groups is 3. The van der Waals surface area contributed by atoms with Crippen LogP contribution in [0.15, 0.2) is 36.4 Å². The number of hydrogen-bond acceptors (Lipinski definition) is 6. The molecular weight excluding hydrogens is 374 g/mol. The van der Waals surface area contributed by atoms with Crippen molar-refractivity contribution < 1.29 is 28.6 Å². The number of carbonyl (C=O) groups excluding carboxylic acids is 3. The van der Waals surface area contributed by atoms with E-state index in [1.165, 1.54) is 12.0 Å². The Labute approximate surface area is 170 Å². The largest absolute Gasteiger partial charge is 0.469 e. The Morgan fingerprint density at radius 3 is 2.55 bits per heavy atom. The minimum Gasteiger partial charge on any atom is -0.469 e. The van der Waals surface area contributed by atoms with E-state index in [0.29, 0.717) is 30.6 Å². The molecule has 3 rings (SSSR count). The minimum absolute atomic E-state index is 0.0346. The number of esters is 1. The Bertz CT molecular complexity index is 754. The smallest absolute Gasteiger partial charge is 0.305 e. The summed E-state index contributed by atoms with van der Waals surface area (Å²) in [4.78, 5) is 37.7. The van der Waals surface area contributed by atoms with Gasteiger partial charge < -0.3 is 14.2 Å². The fourth-order valence-electron chi connectivity index (χ4n) is 3.61. The van der Waals surface area contributed by atoms with Gasteiger partial charge in [0, 0.05) is 12.3 Å². The molecule has 3 atom stereocenters. The van der Waals surface area contributed by atoms with Gasteiger partial charge in [-0.25, -0.2) is 0 Å². The molecule has 2 aliphatic rings. The Kier molecular flexibility index (Phi) is 7.17. The number of allylic oxidation sites excluding steroid dienone is 2. The number of imide groups is 1. The summed E-state index contributed by atoms with van der Waals surface area (Å²) in [5, 5.41) is 0. The lowest BCUT2D eigenvalue weighted by Crippen LogP contribution is -2.47. The zero-order valence-electron chi connectivity index (χ0n) is 16.8. The van der Waals surface area contributed by atoms with Crippen LogP contribution in [-0.2, 0) is 19.0 Å². The number of ether oxygens (including phenoxy) is 3. The zero-order chi connectivity index (χ0) is 20.8. The average Bonchev–Trinajstić information content (AvgIpc) is 2.97. The second-order valence-corrected chi connectivity index (χ2v) is 7.28. The maximum atomic E-state index is 12.6. The van der Waals surface area contributed by atoms with Crippen molar-refractivity contribution in [2.45, 2.75) is 45.0 Å². The molecule has 29 heavy (non-hydrogen) atoms. The van der Waals surface area contributed by atoms with E-state index in [4.69, 9.17) is 9.47 Å². The van der Waals surface area contributed by atoms with E-state index < -0.39 is 0 Å². The van der Waals surface area contributed by atoms with Gasteiger partial charge in [0.2, 0.25) is 0 Å². The van der Waals surface area contributed by atoms with E-state index in [1.54, 1.807) is 24.3 Å². The highest BCUT2D eigenvalue weighted by molar-refractivity contribution is 6.21. The van der Waals surface area contributed by atoms with Crippen LogP contribution >= 0.6 is 0 Å². The second kappa shape index (κ2) is 9.80. The first-order valence-corrected chi connectivity index (χ1v) is 9.95. The molecule has 2 amide bonds. The highest BCUT2D eigenvalue weighted by Gasteiger charge is 2.39. The van der Waals surface area contributed by atoms with Gasteiger partial charge in [0.15, 0.2) is 6.29 Å². The van der Waals surface area contributed by atoms with Gasteiger partial charge in [-0.3, -0.25) is 19.3 Å². The summed E-state index contributed by atoms with van der Waals surface area (Å²) in [5.74, 6) is -0.717. The third-order valence-corrected chi connectivity index (χ3v) is 5.26. The molecule has 2 aliphatic heterocycles. The van der Waals surface area contributed by atoms with Crippen LogP contribution in [0.3, 0.4) is 0 Å². The lowest BCUT2D eigenvalue weighted by molar-refractivity contribution is -0.227. The maximum absolute atomic E-state index is 12.6. The summed E-state index contributed by atoms with van der Waals surface area (Å²) < 4.78 is 16.2. The standard InChI is InChI=1S/C22H27NO6/c1-15-28-14-16(9-5-3-4-6-12-20(24)27-2)19(29-15)13-23-21(25)17-10-7-8-11-18(17)22(23)26/h3,5,7-8,10-11,15-16,19H,4,6,9,12-14H2,1-2H3/b5-3-/t15-,16+,19+/m1/s1. The molecule has 0 bridgehead atoms. The molecule has 0 aromatic heterocycles. The summed E-state index contributed by atoms with van der Waals surface area (Å²) >= 11 is 0. The van der Waals surface area contributed by atoms with E-state index in [2.05, 4.69) is 4.74 Å². The van der Waals surface area contributed by atoms with Gasteiger partial charge in [-0.15, -0.1) is 0 Å². The number of unbranched alkanes of at least 4 members (excludes halogenated alkanes) is 1. The average molecular weight is 401 g/mol. The van der Waals surface area contributed by atoms with E-state index in [-0.39, 0.29) is 42.6 Å². The summed E-state index contributed by atoms with van der Waals surface area (Å²) in [5.41, 5.74) is 0.888. The van der Waals surface area contributed by atoms with Crippen molar-refractivity contribution in [2.24, 2.45) is 5.92 Å². The predicted octanol–water partition coefficient (Wildman–Crippen LogP) is 2.95. The van der Waals surface area contributed by atoms with Gasteiger partial charge in [0.05, 0.1) is 37.5 Å². The van der Waals surface area contributed by atoms with Crippen molar-refractivity contribution in [1.29, 1.82) is 0 Å². The van der Waals surface area contributed by atoms with E-state index in [0.717, 1.165) is 12.8 Å². The molecule has 2 heterocycles. The quantitative estimate of drug-likeness (QED) is 0.288. The first-order valence-electron chi connectivity index (χ1n) is 9.95. The van der Waals surface area contributed by atoms with Crippen LogP contribution < -0.4 is 0 Å². The van der Waals surface area contributed by atoms with Crippen LogP contribution in [0.5, 0.6) is 0 Å². The van der Waals surface area contributed by atoms with Crippen LogP contribution in [0.2, 0.25) is 0 Å². The lowest BCUT2D eigenvalue weighted by Gasteiger charge is -2.36. The maximum Gasteiger partial charge on any atom is 0.305 e. The van der Waals surface area contributed by atoms with E-state index in [9.17, 15) is 14.4 Å². The highest BCUT2D eigenvalue weighted by atomic mass is 16.7. The third-order valence-electron chi connectivity index (χ3n) is 5.26. The molecule has 1 aromatic carbocycles. The lowest BCUT2D eigenvalue weighted by atomic mass is 9.97. The topological polar surface area (TPSA) is 82.1 Å².